The van der Waals surface area contributed by atoms with Crippen LogP contribution in [0.5, 0.6) is 0 Å². The lowest BCUT2D eigenvalue weighted by Gasteiger charge is -2.36. The number of aromatic nitrogens is 2. The molecule has 3 N–H and O–H groups in total. The van der Waals surface area contributed by atoms with Crippen LogP contribution in [0, 0.1) is 0 Å². The van der Waals surface area contributed by atoms with Crippen LogP contribution in [0.1, 0.15) is 51.9 Å². The van der Waals surface area contributed by atoms with Crippen molar-refractivity contribution in [2.45, 2.75) is 52.7 Å². The Hall–Kier alpha value is -2.66. The van der Waals surface area contributed by atoms with Gasteiger partial charge in [-0.05, 0) is 41.5 Å². The molecule has 0 bridgehead atoms. The summed E-state index contributed by atoms with van der Waals surface area (Å²) in [6, 6.07) is 0. The van der Waals surface area contributed by atoms with E-state index in [0.29, 0.717) is 47.8 Å². The molecule has 1 fully saturated rings. The van der Waals surface area contributed by atoms with E-state index in [9.17, 15) is 14.8 Å². The molecular weight excluding hydrogens is 420 g/mol. The predicted octanol–water partition coefficient (Wildman–Crippen LogP) is 2.96. The Morgan fingerprint density at radius 3 is 2.29 bits per heavy atom. The van der Waals surface area contributed by atoms with Crippen LogP contribution in [0.15, 0.2) is 5.38 Å². The lowest BCUT2D eigenvalue weighted by Crippen LogP contribution is -2.50. The van der Waals surface area contributed by atoms with Crippen molar-refractivity contribution in [3.63, 3.8) is 0 Å². The number of hydroxylamine groups is 2. The van der Waals surface area contributed by atoms with E-state index in [0.717, 1.165) is 5.06 Å². The van der Waals surface area contributed by atoms with Gasteiger partial charge >= 0.3 is 6.09 Å². The minimum atomic E-state index is -0.765. The normalized spacial score (nSPS) is 15.3. The van der Waals surface area contributed by atoms with Gasteiger partial charge < -0.3 is 20.3 Å². The fourth-order valence-electron chi connectivity index (χ4n) is 3.17. The molecule has 1 aliphatic heterocycles. The predicted molar refractivity (Wildman–Crippen MR) is 120 cm³/mol. The van der Waals surface area contributed by atoms with Crippen molar-refractivity contribution in [3.8, 4) is 0 Å². The van der Waals surface area contributed by atoms with Crippen LogP contribution in [0.25, 0.3) is 10.2 Å². The van der Waals surface area contributed by atoms with Gasteiger partial charge in [0.2, 0.25) is 5.95 Å². The van der Waals surface area contributed by atoms with Crippen LogP contribution in [0.3, 0.4) is 0 Å². The summed E-state index contributed by atoms with van der Waals surface area (Å²) in [4.78, 5) is 38.2. The summed E-state index contributed by atoms with van der Waals surface area (Å²) in [6.45, 7) is 12.6. The first kappa shape index (κ1) is 23.0. The lowest BCUT2D eigenvalue weighted by atomic mass is 10.1. The van der Waals surface area contributed by atoms with Crippen LogP contribution in [0.2, 0.25) is 0 Å². The number of nitrogens with two attached hydrogens (primary N) is 1. The van der Waals surface area contributed by atoms with Crippen molar-refractivity contribution in [2.75, 3.05) is 36.8 Å². The fourth-order valence-corrected chi connectivity index (χ4v) is 4.09. The maximum Gasteiger partial charge on any atom is 0.410 e. The fraction of sp³-hybridized carbons (Fsp3) is 0.600. The molecule has 1 saturated heterocycles. The van der Waals surface area contributed by atoms with E-state index in [-0.39, 0.29) is 12.0 Å². The van der Waals surface area contributed by atoms with Crippen molar-refractivity contribution >= 4 is 45.3 Å². The van der Waals surface area contributed by atoms with E-state index in [1.54, 1.807) is 31.1 Å². The summed E-state index contributed by atoms with van der Waals surface area (Å²) in [7, 11) is 0. The molecule has 0 spiro atoms. The average Bonchev–Trinajstić information content (AvgIpc) is 3.08. The highest BCUT2D eigenvalue weighted by atomic mass is 32.1. The van der Waals surface area contributed by atoms with E-state index >= 15 is 0 Å². The van der Waals surface area contributed by atoms with Gasteiger partial charge in [0.05, 0.1) is 16.5 Å². The number of hydrogen-bond donors (Lipinski definition) is 2. The second-order valence-electron chi connectivity index (χ2n) is 9.48. The number of ether oxygens (including phenoxy) is 1. The van der Waals surface area contributed by atoms with Crippen LogP contribution >= 0.6 is 11.3 Å². The van der Waals surface area contributed by atoms with Gasteiger partial charge in [0, 0.05) is 31.6 Å². The van der Waals surface area contributed by atoms with Crippen molar-refractivity contribution in [1.29, 1.82) is 0 Å². The topological polar surface area (TPSA) is 125 Å². The van der Waals surface area contributed by atoms with Gasteiger partial charge in [0.15, 0.2) is 0 Å². The molecule has 0 aliphatic carbocycles. The molecule has 1 aliphatic rings. The number of piperazine rings is 1. The Morgan fingerprint density at radius 2 is 1.74 bits per heavy atom. The Bertz CT molecular complexity index is 986. The first-order chi connectivity index (χ1) is 14.3. The second-order valence-corrected chi connectivity index (χ2v) is 10.3. The SMILES string of the molecule is CC(C)(C)OC(=O)N1CCN(c2nc(N)nc3scc(C(=O)N(O)C(C)(C)C)c23)CC1. The smallest absolute Gasteiger partial charge is 0.410 e. The number of thiophene rings is 1. The van der Waals surface area contributed by atoms with E-state index < -0.39 is 17.0 Å². The second kappa shape index (κ2) is 8.12. The molecule has 2 aromatic heterocycles. The van der Waals surface area contributed by atoms with Gasteiger partial charge in [-0.25, -0.2) is 14.8 Å². The molecule has 3 heterocycles. The molecular formula is C20H30N6O4S. The lowest BCUT2D eigenvalue weighted by molar-refractivity contribution is -0.114. The number of anilines is 2. The Labute approximate surface area is 185 Å². The average molecular weight is 451 g/mol. The van der Waals surface area contributed by atoms with E-state index in [2.05, 4.69) is 9.97 Å². The van der Waals surface area contributed by atoms with Crippen LogP contribution in [0.4, 0.5) is 16.6 Å². The molecule has 31 heavy (non-hydrogen) atoms. The zero-order valence-corrected chi connectivity index (χ0v) is 19.6. The number of amides is 2. The number of carbonyl (C=O) groups is 2. The zero-order chi connectivity index (χ0) is 23.1. The first-order valence-electron chi connectivity index (χ1n) is 10.1. The molecule has 11 heteroatoms. The van der Waals surface area contributed by atoms with Gasteiger partial charge in [0.25, 0.3) is 5.91 Å². The van der Waals surface area contributed by atoms with Gasteiger partial charge in [-0.3, -0.25) is 10.0 Å². The third kappa shape index (κ3) is 4.99. The first-order valence-corrected chi connectivity index (χ1v) is 11.0. The monoisotopic (exact) mass is 450 g/mol. The molecule has 0 atom stereocenters. The van der Waals surface area contributed by atoms with Crippen LogP contribution < -0.4 is 10.6 Å². The molecule has 2 amide bonds. The third-order valence-electron chi connectivity index (χ3n) is 4.72. The Balaban J connectivity index is 1.89. The van der Waals surface area contributed by atoms with Gasteiger partial charge in [-0.15, -0.1) is 11.3 Å². The molecule has 0 unspecified atom stereocenters. The van der Waals surface area contributed by atoms with Gasteiger partial charge in [-0.1, -0.05) is 0 Å². The summed E-state index contributed by atoms with van der Waals surface area (Å²) in [5.41, 5.74) is 4.92. The minimum absolute atomic E-state index is 0.106. The Morgan fingerprint density at radius 1 is 1.13 bits per heavy atom. The van der Waals surface area contributed by atoms with Crippen molar-refractivity contribution in [1.82, 2.24) is 19.9 Å². The van der Waals surface area contributed by atoms with Crippen LogP contribution in [-0.2, 0) is 4.74 Å². The number of hydrogen-bond acceptors (Lipinski definition) is 9. The summed E-state index contributed by atoms with van der Waals surface area (Å²) in [6.07, 6.45) is -0.355. The number of nitrogen functional groups attached to an aromatic ring is 1. The highest BCUT2D eigenvalue weighted by molar-refractivity contribution is 7.17. The van der Waals surface area contributed by atoms with Crippen molar-refractivity contribution in [3.05, 3.63) is 10.9 Å². The van der Waals surface area contributed by atoms with E-state index in [1.165, 1.54) is 11.3 Å². The van der Waals surface area contributed by atoms with Crippen molar-refractivity contribution < 1.29 is 19.5 Å². The highest BCUT2D eigenvalue weighted by Crippen LogP contribution is 2.34. The molecule has 10 nitrogen and oxygen atoms in total. The molecule has 170 valence electrons. The summed E-state index contributed by atoms with van der Waals surface area (Å²) in [5, 5.41) is 13.3. The zero-order valence-electron chi connectivity index (χ0n) is 18.8. The molecule has 0 radical (unpaired) electrons. The summed E-state index contributed by atoms with van der Waals surface area (Å²) < 4.78 is 5.45. The Kier molecular flexibility index (Phi) is 6.03. The standard InChI is InChI=1S/C20H30N6O4S/c1-19(2,3)26(29)16(27)12-11-31-15-13(12)14(22-17(21)23-15)24-7-9-25(10-8-24)18(28)30-20(4,5)6/h11,29H,7-10H2,1-6H3,(H2,21,22,23). The number of fused-ring (bicyclic) bond motifs is 1. The quantitative estimate of drug-likeness (QED) is 0.528. The number of nitrogens with zero attached hydrogens (tertiary/aromatic N) is 5. The van der Waals surface area contributed by atoms with Crippen molar-refractivity contribution in [2.24, 2.45) is 0 Å². The summed E-state index contributed by atoms with van der Waals surface area (Å²) >= 11 is 1.27. The molecule has 3 rings (SSSR count). The minimum Gasteiger partial charge on any atom is -0.444 e. The van der Waals surface area contributed by atoms with Gasteiger partial charge in [-0.2, -0.15) is 4.98 Å². The maximum atomic E-state index is 13.0. The number of rotatable bonds is 2. The molecule has 0 aromatic carbocycles. The largest absolute Gasteiger partial charge is 0.444 e. The highest BCUT2D eigenvalue weighted by Gasteiger charge is 2.32. The van der Waals surface area contributed by atoms with Gasteiger partial charge in [0.1, 0.15) is 16.2 Å². The third-order valence-corrected chi connectivity index (χ3v) is 5.59. The summed E-state index contributed by atoms with van der Waals surface area (Å²) in [5.74, 6) is 0.105. The molecule has 0 saturated carbocycles. The molecule has 2 aromatic rings. The van der Waals surface area contributed by atoms with E-state index in [1.807, 2.05) is 25.7 Å². The van der Waals surface area contributed by atoms with E-state index in [4.69, 9.17) is 10.5 Å². The van der Waals surface area contributed by atoms with Crippen LogP contribution in [-0.4, -0.2) is 74.5 Å². The number of carbonyl (C=O) groups excluding carboxylic acids is 2. The maximum absolute atomic E-state index is 13.0.